The smallest absolute Gasteiger partial charge is 0.335 e. The fourth-order valence-corrected chi connectivity index (χ4v) is 4.76. The summed E-state index contributed by atoms with van der Waals surface area (Å²) in [6, 6.07) is 5.51. The monoisotopic (exact) mass is 314 g/mol. The Morgan fingerprint density at radius 1 is 1.30 bits per heavy atom. The van der Waals surface area contributed by atoms with Gasteiger partial charge in [-0.2, -0.15) is 0 Å². The Kier molecular flexibility index (Phi) is 4.09. The van der Waals surface area contributed by atoms with Gasteiger partial charge in [-0.3, -0.25) is 0 Å². The van der Waals surface area contributed by atoms with Crippen LogP contribution in [0.5, 0.6) is 0 Å². The molecule has 0 aliphatic heterocycles. The van der Waals surface area contributed by atoms with Crippen molar-refractivity contribution in [2.75, 3.05) is 0 Å². The number of hydrogen-bond donors (Lipinski definition) is 2. The molecule has 0 aromatic heterocycles. The van der Waals surface area contributed by atoms with Crippen molar-refractivity contribution in [2.45, 2.75) is 63.4 Å². The van der Waals surface area contributed by atoms with E-state index in [0.29, 0.717) is 11.5 Å². The Balaban J connectivity index is 2.01. The average molecular weight is 314 g/mol. The molecular formula is C20H26O3. The summed E-state index contributed by atoms with van der Waals surface area (Å²) in [5.41, 5.74) is 2.14. The summed E-state index contributed by atoms with van der Waals surface area (Å²) in [4.78, 5) is 11.2. The zero-order chi connectivity index (χ0) is 16.7. The molecule has 0 spiro atoms. The molecule has 1 aromatic carbocycles. The molecule has 0 radical (unpaired) electrons. The van der Waals surface area contributed by atoms with E-state index in [1.54, 1.807) is 12.1 Å². The van der Waals surface area contributed by atoms with E-state index in [9.17, 15) is 15.0 Å². The van der Waals surface area contributed by atoms with Crippen molar-refractivity contribution in [3.05, 3.63) is 41.0 Å². The number of aromatic carboxylic acids is 1. The van der Waals surface area contributed by atoms with Gasteiger partial charge in [0, 0.05) is 5.41 Å². The van der Waals surface area contributed by atoms with Gasteiger partial charge in [0.15, 0.2) is 0 Å². The molecule has 2 N–H and O–H groups in total. The Labute approximate surface area is 138 Å². The van der Waals surface area contributed by atoms with Crippen LogP contribution < -0.4 is 0 Å². The second kappa shape index (κ2) is 5.79. The maximum atomic E-state index is 11.2. The maximum Gasteiger partial charge on any atom is 0.335 e. The molecule has 0 saturated heterocycles. The lowest BCUT2D eigenvalue weighted by Crippen LogP contribution is -2.48. The molecular weight excluding hydrogens is 288 g/mol. The Morgan fingerprint density at radius 2 is 2.09 bits per heavy atom. The lowest BCUT2D eigenvalue weighted by Gasteiger charge is -2.51. The first-order chi connectivity index (χ1) is 10.9. The van der Waals surface area contributed by atoms with Gasteiger partial charge in [-0.25, -0.2) is 4.79 Å². The molecule has 3 atom stereocenters. The van der Waals surface area contributed by atoms with Gasteiger partial charge < -0.3 is 10.2 Å². The number of carboxylic acid groups (broad SMARTS) is 1. The van der Waals surface area contributed by atoms with Crippen LogP contribution in [0, 0.1) is 5.92 Å². The molecule has 3 heteroatoms. The molecule has 1 fully saturated rings. The van der Waals surface area contributed by atoms with E-state index < -0.39 is 11.6 Å². The number of allylic oxidation sites excluding steroid dienone is 1. The number of aliphatic hydroxyl groups is 1. The highest BCUT2D eigenvalue weighted by molar-refractivity contribution is 5.89. The van der Waals surface area contributed by atoms with Crippen LogP contribution in [0.2, 0.25) is 0 Å². The molecule has 124 valence electrons. The zero-order valence-electron chi connectivity index (χ0n) is 14.0. The first-order valence-corrected chi connectivity index (χ1v) is 8.72. The number of carboxylic acids is 1. The van der Waals surface area contributed by atoms with Crippen molar-refractivity contribution in [1.82, 2.24) is 0 Å². The third-order valence-electron chi connectivity index (χ3n) is 6.04. The molecule has 1 aromatic rings. The summed E-state index contributed by atoms with van der Waals surface area (Å²) in [5, 5.41) is 20.1. The van der Waals surface area contributed by atoms with Gasteiger partial charge in [-0.15, -0.1) is 0 Å². The predicted molar refractivity (Wildman–Crippen MR) is 91.6 cm³/mol. The van der Waals surface area contributed by atoms with Crippen molar-refractivity contribution in [1.29, 1.82) is 0 Å². The number of carbonyl (C=O) groups is 1. The molecule has 23 heavy (non-hydrogen) atoms. The molecule has 0 amide bonds. The Bertz CT molecular complexity index is 648. The minimum atomic E-state index is -0.880. The van der Waals surface area contributed by atoms with Gasteiger partial charge in [0.05, 0.1) is 11.2 Å². The summed E-state index contributed by atoms with van der Waals surface area (Å²) in [6.07, 6.45) is 9.75. The minimum absolute atomic E-state index is 0.0427. The summed E-state index contributed by atoms with van der Waals surface area (Å²) >= 11 is 0. The predicted octanol–water partition coefficient (Wildman–Crippen LogP) is 4.39. The third kappa shape index (κ3) is 2.61. The fraction of sp³-hybridized carbons (Fsp3) is 0.550. The van der Waals surface area contributed by atoms with Gasteiger partial charge in [0.1, 0.15) is 0 Å². The number of fused-ring (bicyclic) bond motifs is 3. The molecule has 3 unspecified atom stereocenters. The highest BCUT2D eigenvalue weighted by Gasteiger charge is 2.48. The Hall–Kier alpha value is -1.61. The fourth-order valence-electron chi connectivity index (χ4n) is 4.76. The molecule has 3 nitrogen and oxygen atoms in total. The average Bonchev–Trinajstić information content (AvgIpc) is 2.54. The first kappa shape index (κ1) is 16.3. The molecule has 1 saturated carbocycles. The highest BCUT2D eigenvalue weighted by atomic mass is 16.4. The summed E-state index contributed by atoms with van der Waals surface area (Å²) < 4.78 is 0. The molecule has 2 aliphatic rings. The van der Waals surface area contributed by atoms with Gasteiger partial charge >= 0.3 is 5.97 Å². The number of rotatable bonds is 4. The summed E-state index contributed by atoms with van der Waals surface area (Å²) in [7, 11) is 0. The number of benzene rings is 1. The van der Waals surface area contributed by atoms with Crippen molar-refractivity contribution in [3.8, 4) is 0 Å². The van der Waals surface area contributed by atoms with Crippen molar-refractivity contribution in [3.63, 3.8) is 0 Å². The summed E-state index contributed by atoms with van der Waals surface area (Å²) in [6.45, 7) is 4.34. The third-order valence-corrected chi connectivity index (χ3v) is 6.04. The normalized spacial score (nSPS) is 32.2. The van der Waals surface area contributed by atoms with Crippen LogP contribution in [0.25, 0.3) is 6.08 Å². The lowest BCUT2D eigenvalue weighted by molar-refractivity contribution is -0.0426. The maximum absolute atomic E-state index is 11.2. The lowest BCUT2D eigenvalue weighted by atomic mass is 9.55. The van der Waals surface area contributed by atoms with Crippen LogP contribution in [0.3, 0.4) is 0 Å². The summed E-state index contributed by atoms with van der Waals surface area (Å²) in [5.74, 6) is -0.546. The quantitative estimate of drug-likeness (QED) is 0.866. The van der Waals surface area contributed by atoms with Crippen LogP contribution in [-0.2, 0) is 5.41 Å². The van der Waals surface area contributed by atoms with Crippen molar-refractivity contribution in [2.24, 2.45) is 5.92 Å². The SMILES string of the molecule is CCCC1(O)CCC2(CC)c3ccc(C(=O)O)cc3C=CC2C1. The van der Waals surface area contributed by atoms with E-state index >= 15 is 0 Å². The van der Waals surface area contributed by atoms with E-state index in [2.05, 4.69) is 26.0 Å². The van der Waals surface area contributed by atoms with E-state index in [0.717, 1.165) is 44.1 Å². The second-order valence-electron chi connectivity index (χ2n) is 7.26. The molecule has 2 aliphatic carbocycles. The molecule has 0 bridgehead atoms. The second-order valence-corrected chi connectivity index (χ2v) is 7.26. The van der Waals surface area contributed by atoms with Crippen LogP contribution in [0.4, 0.5) is 0 Å². The highest BCUT2D eigenvalue weighted by Crippen LogP contribution is 2.54. The first-order valence-electron chi connectivity index (χ1n) is 8.72. The van der Waals surface area contributed by atoms with E-state index in [1.165, 1.54) is 5.56 Å². The minimum Gasteiger partial charge on any atom is -0.478 e. The molecule has 0 heterocycles. The van der Waals surface area contributed by atoms with Crippen LogP contribution in [0.15, 0.2) is 24.3 Å². The van der Waals surface area contributed by atoms with Crippen LogP contribution in [0.1, 0.15) is 73.9 Å². The zero-order valence-corrected chi connectivity index (χ0v) is 14.0. The van der Waals surface area contributed by atoms with E-state index in [1.807, 2.05) is 6.07 Å². The van der Waals surface area contributed by atoms with Crippen molar-refractivity contribution < 1.29 is 15.0 Å². The molecule has 3 rings (SSSR count). The standard InChI is InChI=1S/C20H26O3/c1-3-9-19(23)10-11-20(4-2)16(13-19)7-5-14-12-15(18(21)22)6-8-17(14)20/h5-8,12,16,23H,3-4,9-11,13H2,1-2H3,(H,21,22). The largest absolute Gasteiger partial charge is 0.478 e. The van der Waals surface area contributed by atoms with Gasteiger partial charge in [-0.05, 0) is 61.3 Å². The van der Waals surface area contributed by atoms with E-state index in [4.69, 9.17) is 0 Å². The van der Waals surface area contributed by atoms with Gasteiger partial charge in [0.25, 0.3) is 0 Å². The topological polar surface area (TPSA) is 57.5 Å². The number of hydrogen-bond acceptors (Lipinski definition) is 2. The van der Waals surface area contributed by atoms with Gasteiger partial charge in [0.2, 0.25) is 0 Å². The van der Waals surface area contributed by atoms with Gasteiger partial charge in [-0.1, -0.05) is 38.5 Å². The van der Waals surface area contributed by atoms with Crippen molar-refractivity contribution >= 4 is 12.0 Å². The van der Waals surface area contributed by atoms with Crippen LogP contribution >= 0.6 is 0 Å². The Morgan fingerprint density at radius 3 is 2.74 bits per heavy atom. The van der Waals surface area contributed by atoms with E-state index in [-0.39, 0.29) is 5.41 Å². The van der Waals surface area contributed by atoms with Crippen LogP contribution in [-0.4, -0.2) is 21.8 Å².